The van der Waals surface area contributed by atoms with E-state index >= 15 is 0 Å². The van der Waals surface area contributed by atoms with Crippen LogP contribution < -0.4 is 5.32 Å². The van der Waals surface area contributed by atoms with Crippen LogP contribution in [0.2, 0.25) is 0 Å². The molecule has 0 unspecified atom stereocenters. The van der Waals surface area contributed by atoms with Crippen molar-refractivity contribution < 1.29 is 19.4 Å². The second-order valence-corrected chi connectivity index (χ2v) is 4.20. The Balaban J connectivity index is 2.39. The maximum Gasteiger partial charge on any atom is 0.359 e. The van der Waals surface area contributed by atoms with Crippen LogP contribution in [0.5, 0.6) is 0 Å². The molecule has 2 rings (SSSR count). The molecule has 0 saturated heterocycles. The number of rotatable bonds is 5. The Morgan fingerprint density at radius 1 is 1.58 bits per heavy atom. The van der Waals surface area contributed by atoms with Crippen molar-refractivity contribution in [2.24, 2.45) is 0 Å². The summed E-state index contributed by atoms with van der Waals surface area (Å²) in [5.41, 5.74) is 1.26. The average Bonchev–Trinajstić information content (AvgIpc) is 2.77. The van der Waals surface area contributed by atoms with Gasteiger partial charge in [-0.2, -0.15) is 5.10 Å². The number of aliphatic hydroxyl groups excluding tert-OH is 1. The smallest absolute Gasteiger partial charge is 0.359 e. The van der Waals surface area contributed by atoms with E-state index in [9.17, 15) is 9.59 Å². The van der Waals surface area contributed by atoms with E-state index in [1.54, 1.807) is 6.92 Å². The summed E-state index contributed by atoms with van der Waals surface area (Å²) in [5.74, 6) is -0.738. The van der Waals surface area contributed by atoms with Crippen LogP contribution in [-0.4, -0.2) is 46.5 Å². The number of hydrogen-bond acceptors (Lipinski definition) is 5. The second kappa shape index (κ2) is 5.83. The molecule has 7 nitrogen and oxygen atoms in total. The summed E-state index contributed by atoms with van der Waals surface area (Å²) in [6.07, 6.45) is 1.04. The summed E-state index contributed by atoms with van der Waals surface area (Å²) in [6, 6.07) is 0. The highest BCUT2D eigenvalue weighted by Gasteiger charge is 2.30. The van der Waals surface area contributed by atoms with Gasteiger partial charge in [-0.15, -0.1) is 0 Å². The summed E-state index contributed by atoms with van der Waals surface area (Å²) >= 11 is 0. The quantitative estimate of drug-likeness (QED) is 0.716. The highest BCUT2D eigenvalue weighted by atomic mass is 16.5. The number of aromatic nitrogens is 2. The first-order chi connectivity index (χ1) is 9.19. The van der Waals surface area contributed by atoms with Gasteiger partial charge in [-0.3, -0.25) is 9.48 Å². The highest BCUT2D eigenvalue weighted by molar-refractivity contribution is 5.99. The molecule has 1 aromatic heterocycles. The minimum Gasteiger partial charge on any atom is -0.461 e. The van der Waals surface area contributed by atoms with Crippen LogP contribution in [0.4, 0.5) is 0 Å². The Morgan fingerprint density at radius 3 is 3.05 bits per heavy atom. The van der Waals surface area contributed by atoms with Crippen molar-refractivity contribution in [2.45, 2.75) is 26.3 Å². The van der Waals surface area contributed by atoms with Gasteiger partial charge >= 0.3 is 5.97 Å². The molecular formula is C12H17N3O4. The maximum atomic E-state index is 11.9. The molecule has 1 aliphatic rings. The summed E-state index contributed by atoms with van der Waals surface area (Å²) < 4.78 is 6.43. The molecule has 0 aromatic carbocycles. The van der Waals surface area contributed by atoms with Gasteiger partial charge < -0.3 is 15.2 Å². The zero-order valence-corrected chi connectivity index (χ0v) is 10.8. The predicted octanol–water partition coefficient (Wildman–Crippen LogP) is -0.272. The van der Waals surface area contributed by atoms with Gasteiger partial charge in [0, 0.05) is 25.3 Å². The van der Waals surface area contributed by atoms with Gasteiger partial charge in [-0.25, -0.2) is 4.79 Å². The summed E-state index contributed by atoms with van der Waals surface area (Å²) in [6.45, 7) is 2.88. The van der Waals surface area contributed by atoms with Crippen LogP contribution in [0, 0.1) is 0 Å². The van der Waals surface area contributed by atoms with E-state index in [1.807, 2.05) is 0 Å². The Hall–Kier alpha value is -1.89. The molecular weight excluding hydrogens is 250 g/mol. The lowest BCUT2D eigenvalue weighted by molar-refractivity contribution is 0.0517. The molecule has 104 valence electrons. The fraction of sp³-hybridized carbons (Fsp3) is 0.583. The number of aryl methyl sites for hydroxylation is 1. The Kier molecular flexibility index (Phi) is 4.16. The number of carbonyl (C=O) groups is 2. The molecule has 0 aliphatic carbocycles. The van der Waals surface area contributed by atoms with Gasteiger partial charge in [0.05, 0.1) is 6.61 Å². The number of fused-ring (bicyclic) bond motifs is 1. The zero-order valence-electron chi connectivity index (χ0n) is 10.8. The third-order valence-corrected chi connectivity index (χ3v) is 2.92. The van der Waals surface area contributed by atoms with Gasteiger partial charge in [0.1, 0.15) is 5.69 Å². The first kappa shape index (κ1) is 13.5. The van der Waals surface area contributed by atoms with Gasteiger partial charge in [-0.05, 0) is 19.8 Å². The molecule has 0 fully saturated rings. The molecule has 2 N–H and O–H groups in total. The lowest BCUT2D eigenvalue weighted by Gasteiger charge is -2.14. The Morgan fingerprint density at radius 2 is 2.37 bits per heavy atom. The number of ether oxygens (including phenoxy) is 1. The second-order valence-electron chi connectivity index (χ2n) is 4.20. The van der Waals surface area contributed by atoms with Crippen LogP contribution in [0.3, 0.4) is 0 Å². The normalized spacial score (nSPS) is 13.9. The standard InChI is InChI=1S/C12H17N3O4/c1-2-19-12(18)9-8-4-5-13-11(17)10(8)15(14-9)6-3-7-16/h16H,2-7H2,1H3,(H,13,17). The number of amides is 1. The Labute approximate surface area is 110 Å². The van der Waals surface area contributed by atoms with Crippen molar-refractivity contribution in [1.82, 2.24) is 15.1 Å². The summed E-state index contributed by atoms with van der Waals surface area (Å²) in [4.78, 5) is 23.7. The van der Waals surface area contributed by atoms with Crippen molar-refractivity contribution >= 4 is 11.9 Å². The number of esters is 1. The molecule has 1 aliphatic heterocycles. The van der Waals surface area contributed by atoms with E-state index < -0.39 is 5.97 Å². The number of nitrogens with zero attached hydrogens (tertiary/aromatic N) is 2. The molecule has 2 heterocycles. The third-order valence-electron chi connectivity index (χ3n) is 2.92. The molecule has 0 saturated carbocycles. The molecule has 1 amide bonds. The van der Waals surface area contributed by atoms with Crippen LogP contribution in [0.15, 0.2) is 0 Å². The van der Waals surface area contributed by atoms with E-state index in [0.717, 1.165) is 0 Å². The van der Waals surface area contributed by atoms with Gasteiger partial charge in [-0.1, -0.05) is 0 Å². The van der Waals surface area contributed by atoms with Crippen molar-refractivity contribution in [2.75, 3.05) is 19.8 Å². The van der Waals surface area contributed by atoms with Crippen LogP contribution in [0.25, 0.3) is 0 Å². The van der Waals surface area contributed by atoms with Crippen molar-refractivity contribution in [1.29, 1.82) is 0 Å². The molecule has 1 aromatic rings. The van der Waals surface area contributed by atoms with Crippen molar-refractivity contribution in [3.63, 3.8) is 0 Å². The third kappa shape index (κ3) is 2.60. The molecule has 0 bridgehead atoms. The molecule has 0 spiro atoms. The minimum atomic E-state index is -0.504. The maximum absolute atomic E-state index is 11.9. The lowest BCUT2D eigenvalue weighted by atomic mass is 10.1. The fourth-order valence-corrected chi connectivity index (χ4v) is 2.12. The average molecular weight is 267 g/mol. The van der Waals surface area contributed by atoms with Crippen LogP contribution in [0.1, 0.15) is 39.9 Å². The lowest BCUT2D eigenvalue weighted by Crippen LogP contribution is -2.34. The molecule has 19 heavy (non-hydrogen) atoms. The SMILES string of the molecule is CCOC(=O)c1nn(CCCO)c2c1CCNC2=O. The first-order valence-corrected chi connectivity index (χ1v) is 6.34. The molecule has 0 radical (unpaired) electrons. The first-order valence-electron chi connectivity index (χ1n) is 6.34. The van der Waals surface area contributed by atoms with Gasteiger partial charge in [0.25, 0.3) is 5.91 Å². The number of carbonyl (C=O) groups excluding carboxylic acids is 2. The van der Waals surface area contributed by atoms with Crippen molar-refractivity contribution in [3.8, 4) is 0 Å². The van der Waals surface area contributed by atoms with E-state index in [1.165, 1.54) is 4.68 Å². The Bertz CT molecular complexity index is 495. The largest absolute Gasteiger partial charge is 0.461 e. The van der Waals surface area contributed by atoms with Crippen LogP contribution in [-0.2, 0) is 17.7 Å². The van der Waals surface area contributed by atoms with E-state index in [0.29, 0.717) is 37.2 Å². The minimum absolute atomic E-state index is 0.00495. The number of aliphatic hydroxyl groups is 1. The van der Waals surface area contributed by atoms with E-state index in [4.69, 9.17) is 9.84 Å². The van der Waals surface area contributed by atoms with E-state index in [-0.39, 0.29) is 24.8 Å². The van der Waals surface area contributed by atoms with Gasteiger partial charge in [0.2, 0.25) is 0 Å². The monoisotopic (exact) mass is 267 g/mol. The topological polar surface area (TPSA) is 93.4 Å². The zero-order chi connectivity index (χ0) is 13.8. The molecule has 7 heteroatoms. The van der Waals surface area contributed by atoms with E-state index in [2.05, 4.69) is 10.4 Å². The number of nitrogens with one attached hydrogen (secondary N) is 1. The van der Waals surface area contributed by atoms with Crippen LogP contribution >= 0.6 is 0 Å². The fourth-order valence-electron chi connectivity index (χ4n) is 2.12. The molecule has 0 atom stereocenters. The number of hydrogen-bond donors (Lipinski definition) is 2. The predicted molar refractivity (Wildman–Crippen MR) is 65.9 cm³/mol. The highest BCUT2D eigenvalue weighted by Crippen LogP contribution is 2.19. The summed E-state index contributed by atoms with van der Waals surface area (Å²) in [5, 5.41) is 15.8. The van der Waals surface area contributed by atoms with Gasteiger partial charge in [0.15, 0.2) is 5.69 Å². The summed E-state index contributed by atoms with van der Waals surface area (Å²) in [7, 11) is 0. The van der Waals surface area contributed by atoms with Crippen molar-refractivity contribution in [3.05, 3.63) is 17.0 Å².